The van der Waals surface area contributed by atoms with E-state index in [-0.39, 0.29) is 5.91 Å². The first-order valence-electron chi connectivity index (χ1n) is 7.31. The summed E-state index contributed by atoms with van der Waals surface area (Å²) in [6, 6.07) is 7.70. The van der Waals surface area contributed by atoms with E-state index in [1.165, 1.54) is 0 Å². The van der Waals surface area contributed by atoms with Crippen molar-refractivity contribution in [3.05, 3.63) is 29.8 Å². The SMILES string of the molecule is CCOCCN(CCOCC)C(=O)c1ccc(SC)cc1. The van der Waals surface area contributed by atoms with Gasteiger partial charge in [0.15, 0.2) is 0 Å². The zero-order valence-electron chi connectivity index (χ0n) is 13.1. The lowest BCUT2D eigenvalue weighted by Crippen LogP contribution is -2.36. The van der Waals surface area contributed by atoms with Crippen LogP contribution in [0, 0.1) is 0 Å². The van der Waals surface area contributed by atoms with Gasteiger partial charge in [0.1, 0.15) is 0 Å². The minimum Gasteiger partial charge on any atom is -0.380 e. The van der Waals surface area contributed by atoms with Crippen molar-refractivity contribution in [2.45, 2.75) is 18.7 Å². The number of carbonyl (C=O) groups excluding carboxylic acids is 1. The van der Waals surface area contributed by atoms with Gasteiger partial charge in [-0.1, -0.05) is 0 Å². The number of carbonyl (C=O) groups is 1. The van der Waals surface area contributed by atoms with Crippen molar-refractivity contribution in [3.63, 3.8) is 0 Å². The van der Waals surface area contributed by atoms with Gasteiger partial charge in [-0.2, -0.15) is 0 Å². The Labute approximate surface area is 131 Å². The summed E-state index contributed by atoms with van der Waals surface area (Å²) in [5.74, 6) is 0.0297. The third-order valence-corrected chi connectivity index (χ3v) is 3.79. The second kappa shape index (κ2) is 10.7. The summed E-state index contributed by atoms with van der Waals surface area (Å²) in [6.45, 7) is 7.51. The number of benzene rings is 1. The lowest BCUT2D eigenvalue weighted by atomic mass is 10.2. The molecule has 0 N–H and O–H groups in total. The second-order valence-corrected chi connectivity index (χ2v) is 5.29. The van der Waals surface area contributed by atoms with Gasteiger partial charge in [-0.15, -0.1) is 11.8 Å². The zero-order chi connectivity index (χ0) is 15.5. The quantitative estimate of drug-likeness (QED) is 0.492. The van der Waals surface area contributed by atoms with Crippen LogP contribution in [0.3, 0.4) is 0 Å². The van der Waals surface area contributed by atoms with E-state index in [4.69, 9.17) is 9.47 Å². The molecule has 1 rings (SSSR count). The molecule has 0 saturated heterocycles. The van der Waals surface area contributed by atoms with Gasteiger partial charge in [0.2, 0.25) is 0 Å². The van der Waals surface area contributed by atoms with Crippen LogP contribution in [0.15, 0.2) is 29.2 Å². The number of nitrogens with zero attached hydrogens (tertiary/aromatic N) is 1. The van der Waals surface area contributed by atoms with Crippen LogP contribution in [0.4, 0.5) is 0 Å². The van der Waals surface area contributed by atoms with Crippen molar-refractivity contribution in [2.75, 3.05) is 45.8 Å². The van der Waals surface area contributed by atoms with Crippen LogP contribution in [0.25, 0.3) is 0 Å². The van der Waals surface area contributed by atoms with E-state index in [0.717, 1.165) is 4.90 Å². The molecule has 1 aromatic carbocycles. The fourth-order valence-corrected chi connectivity index (χ4v) is 2.28. The minimum atomic E-state index is 0.0297. The van der Waals surface area contributed by atoms with E-state index in [1.807, 2.05) is 44.4 Å². The topological polar surface area (TPSA) is 38.8 Å². The molecule has 0 aliphatic carbocycles. The highest BCUT2D eigenvalue weighted by molar-refractivity contribution is 7.98. The minimum absolute atomic E-state index is 0.0297. The summed E-state index contributed by atoms with van der Waals surface area (Å²) in [7, 11) is 0. The van der Waals surface area contributed by atoms with Crippen LogP contribution in [-0.2, 0) is 9.47 Å². The van der Waals surface area contributed by atoms with Crippen LogP contribution in [0.2, 0.25) is 0 Å². The molecule has 0 radical (unpaired) electrons. The molecular weight excluding hydrogens is 286 g/mol. The lowest BCUT2D eigenvalue weighted by molar-refractivity contribution is 0.0550. The number of ether oxygens (including phenoxy) is 2. The number of hydrogen-bond donors (Lipinski definition) is 0. The molecular formula is C16H25NO3S. The molecule has 5 heteroatoms. The molecule has 0 unspecified atom stereocenters. The first-order valence-corrected chi connectivity index (χ1v) is 8.54. The van der Waals surface area contributed by atoms with Crippen molar-refractivity contribution >= 4 is 17.7 Å². The van der Waals surface area contributed by atoms with Gasteiger partial charge in [0, 0.05) is 36.8 Å². The zero-order valence-corrected chi connectivity index (χ0v) is 13.9. The molecule has 0 bridgehead atoms. The van der Waals surface area contributed by atoms with Crippen molar-refractivity contribution in [3.8, 4) is 0 Å². The Morgan fingerprint density at radius 1 is 1.05 bits per heavy atom. The summed E-state index contributed by atoms with van der Waals surface area (Å²) in [6.07, 6.45) is 2.02. The van der Waals surface area contributed by atoms with E-state index in [9.17, 15) is 4.79 Å². The van der Waals surface area contributed by atoms with Crippen LogP contribution >= 0.6 is 11.8 Å². The van der Waals surface area contributed by atoms with Gasteiger partial charge in [0.05, 0.1) is 13.2 Å². The van der Waals surface area contributed by atoms with E-state index < -0.39 is 0 Å². The number of thioether (sulfide) groups is 1. The molecule has 1 amide bonds. The Kier molecular flexibility index (Phi) is 9.14. The summed E-state index contributed by atoms with van der Waals surface area (Å²) in [5, 5.41) is 0. The predicted molar refractivity (Wildman–Crippen MR) is 87.1 cm³/mol. The first kappa shape index (κ1) is 18.0. The lowest BCUT2D eigenvalue weighted by Gasteiger charge is -2.22. The molecule has 0 heterocycles. The van der Waals surface area contributed by atoms with E-state index in [1.54, 1.807) is 16.7 Å². The Morgan fingerprint density at radius 3 is 2.00 bits per heavy atom. The summed E-state index contributed by atoms with van der Waals surface area (Å²) >= 11 is 1.67. The van der Waals surface area contributed by atoms with Crippen LogP contribution < -0.4 is 0 Å². The van der Waals surface area contributed by atoms with E-state index in [2.05, 4.69) is 0 Å². The largest absolute Gasteiger partial charge is 0.380 e. The highest BCUT2D eigenvalue weighted by Crippen LogP contribution is 2.16. The molecule has 4 nitrogen and oxygen atoms in total. The number of rotatable bonds is 10. The molecule has 0 spiro atoms. The fourth-order valence-electron chi connectivity index (χ4n) is 1.87. The molecule has 118 valence electrons. The van der Waals surface area contributed by atoms with Gasteiger partial charge in [-0.05, 0) is 44.4 Å². The summed E-state index contributed by atoms with van der Waals surface area (Å²) in [4.78, 5) is 15.5. The summed E-state index contributed by atoms with van der Waals surface area (Å²) in [5.41, 5.74) is 0.709. The van der Waals surface area contributed by atoms with Crippen molar-refractivity contribution in [1.82, 2.24) is 4.90 Å². The van der Waals surface area contributed by atoms with E-state index in [0.29, 0.717) is 45.1 Å². The Morgan fingerprint density at radius 2 is 1.57 bits per heavy atom. The molecule has 0 aromatic heterocycles. The number of hydrogen-bond acceptors (Lipinski definition) is 4. The molecule has 0 aliphatic heterocycles. The maximum Gasteiger partial charge on any atom is 0.254 e. The Balaban J connectivity index is 2.66. The predicted octanol–water partition coefficient (Wildman–Crippen LogP) is 2.92. The molecule has 1 aromatic rings. The third kappa shape index (κ3) is 6.50. The molecule has 0 saturated carbocycles. The highest BCUT2D eigenvalue weighted by atomic mass is 32.2. The van der Waals surface area contributed by atoms with Gasteiger partial charge in [-0.25, -0.2) is 0 Å². The van der Waals surface area contributed by atoms with Gasteiger partial charge in [-0.3, -0.25) is 4.79 Å². The molecule has 0 atom stereocenters. The number of amides is 1. The average molecular weight is 311 g/mol. The van der Waals surface area contributed by atoms with Crippen molar-refractivity contribution < 1.29 is 14.3 Å². The van der Waals surface area contributed by atoms with Gasteiger partial charge < -0.3 is 14.4 Å². The normalized spacial score (nSPS) is 10.6. The first-order chi connectivity index (χ1) is 10.2. The highest BCUT2D eigenvalue weighted by Gasteiger charge is 2.15. The Bertz CT molecular complexity index is 398. The van der Waals surface area contributed by atoms with Crippen LogP contribution in [0.5, 0.6) is 0 Å². The van der Waals surface area contributed by atoms with Gasteiger partial charge >= 0.3 is 0 Å². The monoisotopic (exact) mass is 311 g/mol. The van der Waals surface area contributed by atoms with Crippen molar-refractivity contribution in [2.24, 2.45) is 0 Å². The molecule has 0 fully saturated rings. The second-order valence-electron chi connectivity index (χ2n) is 4.41. The average Bonchev–Trinajstić information content (AvgIpc) is 2.53. The van der Waals surface area contributed by atoms with Crippen molar-refractivity contribution in [1.29, 1.82) is 0 Å². The Hall–Kier alpha value is -1.04. The molecule has 21 heavy (non-hydrogen) atoms. The smallest absolute Gasteiger partial charge is 0.254 e. The maximum absolute atomic E-state index is 12.5. The van der Waals surface area contributed by atoms with Crippen LogP contribution in [0.1, 0.15) is 24.2 Å². The fraction of sp³-hybridized carbons (Fsp3) is 0.562. The van der Waals surface area contributed by atoms with Crippen LogP contribution in [-0.4, -0.2) is 56.6 Å². The maximum atomic E-state index is 12.5. The summed E-state index contributed by atoms with van der Waals surface area (Å²) < 4.78 is 10.7. The molecule has 0 aliphatic rings. The van der Waals surface area contributed by atoms with Gasteiger partial charge in [0.25, 0.3) is 5.91 Å². The third-order valence-electron chi connectivity index (χ3n) is 3.04. The standard InChI is InChI=1S/C16H25NO3S/c1-4-19-12-10-17(11-13-20-5-2)16(18)14-6-8-15(21-3)9-7-14/h6-9H,4-5,10-13H2,1-3H3. The van der Waals surface area contributed by atoms with E-state index >= 15 is 0 Å².